The number of hydrogen-bond donors (Lipinski definition) is 3. The van der Waals surface area contributed by atoms with Crippen molar-refractivity contribution in [2.75, 3.05) is 31.3 Å². The van der Waals surface area contributed by atoms with Gasteiger partial charge in [0, 0.05) is 19.0 Å². The summed E-state index contributed by atoms with van der Waals surface area (Å²) < 4.78 is 37.1. The zero-order valence-corrected chi connectivity index (χ0v) is 27.9. The summed E-state index contributed by atoms with van der Waals surface area (Å²) in [6.45, 7) is 7.58. The van der Waals surface area contributed by atoms with Crippen LogP contribution in [0.15, 0.2) is 0 Å². The molecule has 0 bridgehead atoms. The molecule has 0 aliphatic rings. The van der Waals surface area contributed by atoms with E-state index in [0.29, 0.717) is 13.0 Å². The van der Waals surface area contributed by atoms with E-state index >= 15 is 0 Å². The molecular weight excluding hydrogens is 566 g/mol. The molecule has 0 heterocycles. The average Bonchev–Trinajstić information content (AvgIpc) is 2.89. The van der Waals surface area contributed by atoms with Crippen LogP contribution in [0, 0.1) is 0 Å². The quantitative estimate of drug-likeness (QED) is 0.0679. The number of alkyl carbamates (subject to hydrolysis) is 2. The number of alkyl halides is 1. The highest BCUT2D eigenvalue weighted by atomic mass is 35.5. The van der Waals surface area contributed by atoms with Crippen LogP contribution in [0.25, 0.3) is 0 Å². The number of amides is 2. The first-order valence-corrected chi connectivity index (χ1v) is 18.1. The van der Waals surface area contributed by atoms with E-state index in [2.05, 4.69) is 22.3 Å². The molecule has 0 radical (unpaired) electrons. The molecular formula is C30H60ClN3O6S. The Morgan fingerprint density at radius 2 is 1.24 bits per heavy atom. The lowest BCUT2D eigenvalue weighted by atomic mass is 10.0. The van der Waals surface area contributed by atoms with Crippen molar-refractivity contribution < 1.29 is 27.5 Å². The van der Waals surface area contributed by atoms with Crippen molar-refractivity contribution in [1.82, 2.24) is 15.4 Å². The largest absolute Gasteiger partial charge is 0.447 e. The molecule has 0 aliphatic carbocycles. The Bertz CT molecular complexity index is 762. The van der Waals surface area contributed by atoms with Crippen LogP contribution >= 0.6 is 11.6 Å². The number of rotatable bonds is 26. The first-order chi connectivity index (χ1) is 19.5. The number of halogens is 1. The van der Waals surface area contributed by atoms with Gasteiger partial charge >= 0.3 is 12.2 Å². The number of sulfonamides is 1. The molecule has 11 heteroatoms. The Labute approximate surface area is 256 Å². The zero-order chi connectivity index (χ0) is 30.8. The molecule has 0 rings (SSSR count). The summed E-state index contributed by atoms with van der Waals surface area (Å²) >= 11 is 5.58. The van der Waals surface area contributed by atoms with E-state index in [0.717, 1.165) is 19.3 Å². The van der Waals surface area contributed by atoms with Crippen molar-refractivity contribution in [3.05, 3.63) is 0 Å². The van der Waals surface area contributed by atoms with Crippen LogP contribution in [0.4, 0.5) is 9.59 Å². The standard InChI is InChI=1S/C30H60ClN3O6S/c1-5-6-7-8-9-10-11-12-13-14-15-16-17-18-19-20-23-32-28(35)39-26-27(34-29(36)40-30(2,3)4)25-33-41(37,38)24-21-22-31/h27,33H,5-26H2,1-4H3,(H,32,35)(H,34,36). The Kier molecular flexibility index (Phi) is 24.5. The topological polar surface area (TPSA) is 123 Å². The molecule has 2 amide bonds. The van der Waals surface area contributed by atoms with Crippen LogP contribution in [0.2, 0.25) is 0 Å². The van der Waals surface area contributed by atoms with Gasteiger partial charge in [-0.25, -0.2) is 22.7 Å². The zero-order valence-electron chi connectivity index (χ0n) is 26.4. The van der Waals surface area contributed by atoms with Crippen LogP contribution in [0.5, 0.6) is 0 Å². The minimum Gasteiger partial charge on any atom is -0.447 e. The van der Waals surface area contributed by atoms with E-state index < -0.39 is 33.9 Å². The number of carbonyl (C=O) groups excluding carboxylic acids is 2. The molecule has 0 aliphatic heterocycles. The van der Waals surface area contributed by atoms with E-state index in [9.17, 15) is 18.0 Å². The lowest BCUT2D eigenvalue weighted by Crippen LogP contribution is -2.48. The van der Waals surface area contributed by atoms with Crippen molar-refractivity contribution in [2.24, 2.45) is 0 Å². The number of carbonyl (C=O) groups is 2. The minimum absolute atomic E-state index is 0.129. The van der Waals surface area contributed by atoms with Crippen molar-refractivity contribution in [3.63, 3.8) is 0 Å². The van der Waals surface area contributed by atoms with Gasteiger partial charge in [-0.3, -0.25) is 0 Å². The fraction of sp³-hybridized carbons (Fsp3) is 0.933. The predicted octanol–water partition coefficient (Wildman–Crippen LogP) is 7.42. The van der Waals surface area contributed by atoms with Crippen LogP contribution in [-0.2, 0) is 19.5 Å². The average molecular weight is 626 g/mol. The monoisotopic (exact) mass is 625 g/mol. The second kappa shape index (κ2) is 25.3. The summed E-state index contributed by atoms with van der Waals surface area (Å²) in [6.07, 6.45) is 19.6. The fourth-order valence-corrected chi connectivity index (χ4v) is 5.68. The third-order valence-corrected chi connectivity index (χ3v) is 8.23. The maximum absolute atomic E-state index is 12.2. The van der Waals surface area contributed by atoms with Crippen molar-refractivity contribution >= 4 is 33.8 Å². The predicted molar refractivity (Wildman–Crippen MR) is 169 cm³/mol. The lowest BCUT2D eigenvalue weighted by molar-refractivity contribution is 0.0473. The van der Waals surface area contributed by atoms with Crippen LogP contribution in [0.3, 0.4) is 0 Å². The van der Waals surface area contributed by atoms with Gasteiger partial charge in [0.25, 0.3) is 0 Å². The second-order valence-corrected chi connectivity index (χ2v) is 14.2. The van der Waals surface area contributed by atoms with E-state index in [-0.39, 0.29) is 24.8 Å². The number of hydrogen-bond acceptors (Lipinski definition) is 6. The third-order valence-electron chi connectivity index (χ3n) is 6.53. The third kappa shape index (κ3) is 28.6. The first kappa shape index (κ1) is 39.7. The smallest absolute Gasteiger partial charge is 0.408 e. The number of unbranched alkanes of at least 4 members (excludes halogenated alkanes) is 15. The van der Waals surface area contributed by atoms with Gasteiger partial charge in [0.05, 0.1) is 11.8 Å². The van der Waals surface area contributed by atoms with Gasteiger partial charge in [0.15, 0.2) is 0 Å². The van der Waals surface area contributed by atoms with E-state index in [1.54, 1.807) is 20.8 Å². The summed E-state index contributed by atoms with van der Waals surface area (Å²) in [5.74, 6) is 0.0967. The molecule has 1 atom stereocenters. The highest BCUT2D eigenvalue weighted by Crippen LogP contribution is 2.13. The molecule has 0 saturated heterocycles. The molecule has 0 spiro atoms. The SMILES string of the molecule is CCCCCCCCCCCCCCCCCCNC(=O)OCC(CNS(=O)(=O)CCCCl)NC(=O)OC(C)(C)C. The molecule has 244 valence electrons. The van der Waals surface area contributed by atoms with Gasteiger partial charge in [-0.1, -0.05) is 103 Å². The number of nitrogens with one attached hydrogen (secondary N) is 3. The lowest BCUT2D eigenvalue weighted by Gasteiger charge is -2.23. The molecule has 41 heavy (non-hydrogen) atoms. The highest BCUT2D eigenvalue weighted by molar-refractivity contribution is 7.89. The minimum atomic E-state index is -3.57. The van der Waals surface area contributed by atoms with E-state index in [1.807, 2.05) is 0 Å². The molecule has 3 N–H and O–H groups in total. The van der Waals surface area contributed by atoms with Crippen molar-refractivity contribution in [2.45, 2.75) is 148 Å². The molecule has 1 unspecified atom stereocenters. The Balaban J connectivity index is 4.00. The maximum Gasteiger partial charge on any atom is 0.408 e. The molecule has 9 nitrogen and oxygen atoms in total. The molecule has 0 aromatic carbocycles. The molecule has 0 aromatic heterocycles. The Morgan fingerprint density at radius 3 is 1.71 bits per heavy atom. The fourth-order valence-electron chi connectivity index (χ4n) is 4.26. The maximum atomic E-state index is 12.2. The van der Waals surface area contributed by atoms with E-state index in [1.165, 1.54) is 83.5 Å². The van der Waals surface area contributed by atoms with Gasteiger partial charge in [-0.05, 0) is 33.6 Å². The van der Waals surface area contributed by atoms with Crippen molar-refractivity contribution in [1.29, 1.82) is 0 Å². The van der Waals surface area contributed by atoms with Gasteiger partial charge in [-0.2, -0.15) is 0 Å². The summed E-state index contributed by atoms with van der Waals surface area (Å²) in [4.78, 5) is 24.3. The van der Waals surface area contributed by atoms with Gasteiger partial charge in [0.2, 0.25) is 10.0 Å². The second-order valence-electron chi connectivity index (χ2n) is 11.9. The van der Waals surface area contributed by atoms with Crippen LogP contribution in [0.1, 0.15) is 137 Å². The summed E-state index contributed by atoms with van der Waals surface area (Å²) in [5, 5.41) is 5.29. The summed E-state index contributed by atoms with van der Waals surface area (Å²) in [6, 6.07) is -0.795. The van der Waals surface area contributed by atoms with Gasteiger partial charge in [0.1, 0.15) is 12.2 Å². The molecule has 0 aromatic rings. The summed E-state index contributed by atoms with van der Waals surface area (Å²) in [7, 11) is -3.57. The van der Waals surface area contributed by atoms with Gasteiger partial charge < -0.3 is 20.1 Å². The summed E-state index contributed by atoms with van der Waals surface area (Å²) in [5.41, 5.74) is -0.723. The first-order valence-electron chi connectivity index (χ1n) is 15.9. The van der Waals surface area contributed by atoms with Crippen LogP contribution < -0.4 is 15.4 Å². The van der Waals surface area contributed by atoms with Crippen molar-refractivity contribution in [3.8, 4) is 0 Å². The van der Waals surface area contributed by atoms with Gasteiger partial charge in [-0.15, -0.1) is 11.6 Å². The number of ether oxygens (including phenoxy) is 2. The Hall–Kier alpha value is -1.26. The highest BCUT2D eigenvalue weighted by Gasteiger charge is 2.22. The molecule has 0 fully saturated rings. The Morgan fingerprint density at radius 1 is 0.756 bits per heavy atom. The normalized spacial score (nSPS) is 12.6. The van der Waals surface area contributed by atoms with E-state index in [4.69, 9.17) is 21.1 Å². The van der Waals surface area contributed by atoms with Crippen LogP contribution in [-0.4, -0.2) is 63.6 Å². The molecule has 0 saturated carbocycles.